The van der Waals surface area contributed by atoms with Gasteiger partial charge in [0.25, 0.3) is 0 Å². The van der Waals surface area contributed by atoms with Gasteiger partial charge in [-0.2, -0.15) is 0 Å². The van der Waals surface area contributed by atoms with Crippen LogP contribution in [0.4, 0.5) is 0 Å². The lowest BCUT2D eigenvalue weighted by Gasteiger charge is -2.14. The molecule has 0 unspecified atom stereocenters. The fourth-order valence-corrected chi connectivity index (χ4v) is 2.24. The summed E-state index contributed by atoms with van der Waals surface area (Å²) in [6.07, 6.45) is 3.03. The normalized spacial score (nSPS) is 11.9. The second-order valence-corrected chi connectivity index (χ2v) is 5.13. The third kappa shape index (κ3) is 3.37. The molecule has 0 saturated carbocycles. The molecule has 1 N–H and O–H groups in total. The van der Waals surface area contributed by atoms with E-state index in [0.717, 1.165) is 10.1 Å². The van der Waals surface area contributed by atoms with E-state index in [1.165, 1.54) is 12.4 Å². The fourth-order valence-electron chi connectivity index (χ4n) is 2.24. The van der Waals surface area contributed by atoms with Gasteiger partial charge in [0.15, 0.2) is 5.82 Å². The summed E-state index contributed by atoms with van der Waals surface area (Å²) in [5.41, 5.74) is 0.968. The maximum Gasteiger partial charge on any atom is 0.442 e. The van der Waals surface area contributed by atoms with Gasteiger partial charge in [0.2, 0.25) is 11.7 Å². The Labute approximate surface area is 137 Å². The summed E-state index contributed by atoms with van der Waals surface area (Å²) in [6.45, 7) is 1.64. The molecule has 0 spiro atoms. The summed E-state index contributed by atoms with van der Waals surface area (Å²) in [7, 11) is 0. The number of hydrogen-bond acceptors (Lipinski definition) is 6. The molecule has 8 heteroatoms. The summed E-state index contributed by atoms with van der Waals surface area (Å²) >= 11 is 0. The average Bonchev–Trinajstić information content (AvgIpc) is 2.97. The van der Waals surface area contributed by atoms with Gasteiger partial charge in [0.1, 0.15) is 6.54 Å². The fraction of sp³-hybridized carbons (Fsp3) is 0.188. The Hall–Kier alpha value is -3.29. The maximum absolute atomic E-state index is 12.2. The van der Waals surface area contributed by atoms with Crippen LogP contribution < -0.4 is 11.1 Å². The Bertz CT molecular complexity index is 873. The summed E-state index contributed by atoms with van der Waals surface area (Å²) in [6, 6.07) is 11.0. The third-order valence-electron chi connectivity index (χ3n) is 3.43. The van der Waals surface area contributed by atoms with Crippen LogP contribution in [-0.4, -0.2) is 25.6 Å². The van der Waals surface area contributed by atoms with Crippen LogP contribution in [0.5, 0.6) is 0 Å². The average molecular weight is 325 g/mol. The Morgan fingerprint density at radius 1 is 1.21 bits per heavy atom. The molecule has 0 fully saturated rings. The number of benzene rings is 1. The van der Waals surface area contributed by atoms with Crippen molar-refractivity contribution in [1.82, 2.24) is 25.0 Å². The zero-order valence-corrected chi connectivity index (χ0v) is 12.9. The maximum atomic E-state index is 12.2. The lowest BCUT2D eigenvalue weighted by molar-refractivity contribution is -0.122. The Kier molecular flexibility index (Phi) is 4.46. The lowest BCUT2D eigenvalue weighted by atomic mass is 10.1. The van der Waals surface area contributed by atoms with Crippen LogP contribution in [0.2, 0.25) is 0 Å². The first kappa shape index (κ1) is 15.6. The van der Waals surface area contributed by atoms with Crippen molar-refractivity contribution in [2.45, 2.75) is 19.5 Å². The molecule has 0 bridgehead atoms. The van der Waals surface area contributed by atoms with Crippen LogP contribution in [0.1, 0.15) is 18.5 Å². The zero-order valence-electron chi connectivity index (χ0n) is 12.9. The zero-order chi connectivity index (χ0) is 16.9. The van der Waals surface area contributed by atoms with Crippen molar-refractivity contribution in [2.75, 3.05) is 0 Å². The van der Waals surface area contributed by atoms with Crippen molar-refractivity contribution in [2.24, 2.45) is 0 Å². The highest BCUT2D eigenvalue weighted by atomic mass is 16.5. The second-order valence-electron chi connectivity index (χ2n) is 5.13. The van der Waals surface area contributed by atoms with Crippen LogP contribution in [0.15, 0.2) is 58.1 Å². The summed E-state index contributed by atoms with van der Waals surface area (Å²) in [4.78, 5) is 32.1. The number of carbonyl (C=O) groups excluding carboxylic acids is 1. The molecule has 0 aliphatic carbocycles. The molecule has 24 heavy (non-hydrogen) atoms. The number of aromatic nitrogens is 4. The van der Waals surface area contributed by atoms with E-state index in [0.29, 0.717) is 0 Å². The molecule has 2 heterocycles. The molecular weight excluding hydrogens is 310 g/mol. The van der Waals surface area contributed by atoms with E-state index in [-0.39, 0.29) is 30.1 Å². The molecule has 1 amide bonds. The topological polar surface area (TPSA) is 103 Å². The van der Waals surface area contributed by atoms with E-state index in [9.17, 15) is 9.59 Å². The van der Waals surface area contributed by atoms with Gasteiger partial charge >= 0.3 is 5.76 Å². The number of nitrogens with zero attached hydrogens (tertiary/aromatic N) is 4. The molecule has 0 aliphatic heterocycles. The highest BCUT2D eigenvalue weighted by molar-refractivity contribution is 5.76. The molecule has 122 valence electrons. The number of nitrogens with one attached hydrogen (secondary N) is 1. The van der Waals surface area contributed by atoms with Crippen molar-refractivity contribution in [3.63, 3.8) is 0 Å². The van der Waals surface area contributed by atoms with Crippen LogP contribution in [0.25, 0.3) is 11.6 Å². The number of amides is 1. The molecule has 8 nitrogen and oxygen atoms in total. The molecule has 0 aliphatic rings. The van der Waals surface area contributed by atoms with Gasteiger partial charge in [-0.3, -0.25) is 9.32 Å². The van der Waals surface area contributed by atoms with Gasteiger partial charge in [-0.15, -0.1) is 0 Å². The van der Waals surface area contributed by atoms with E-state index in [4.69, 9.17) is 0 Å². The van der Waals surface area contributed by atoms with Crippen LogP contribution in [0, 0.1) is 0 Å². The summed E-state index contributed by atoms with van der Waals surface area (Å²) in [5.74, 6) is -0.746. The highest BCUT2D eigenvalue weighted by Gasteiger charge is 2.18. The van der Waals surface area contributed by atoms with Gasteiger partial charge in [-0.05, 0) is 18.6 Å². The smallest absolute Gasteiger partial charge is 0.348 e. The first-order chi connectivity index (χ1) is 11.6. The third-order valence-corrected chi connectivity index (χ3v) is 3.43. The van der Waals surface area contributed by atoms with Gasteiger partial charge in [-0.25, -0.2) is 19.3 Å². The van der Waals surface area contributed by atoms with E-state index in [1.807, 2.05) is 37.3 Å². The van der Waals surface area contributed by atoms with Crippen molar-refractivity contribution in [3.8, 4) is 11.6 Å². The van der Waals surface area contributed by atoms with Crippen LogP contribution >= 0.6 is 0 Å². The van der Waals surface area contributed by atoms with E-state index < -0.39 is 5.76 Å². The largest absolute Gasteiger partial charge is 0.442 e. The summed E-state index contributed by atoms with van der Waals surface area (Å²) in [5, 5.41) is 6.48. The molecule has 0 saturated heterocycles. The molecule has 2 aromatic heterocycles. The lowest BCUT2D eigenvalue weighted by Crippen LogP contribution is -2.33. The Balaban J connectivity index is 1.76. The van der Waals surface area contributed by atoms with Gasteiger partial charge in [0.05, 0.1) is 6.04 Å². The first-order valence-corrected chi connectivity index (χ1v) is 7.33. The number of carbonyl (C=O) groups is 1. The monoisotopic (exact) mass is 325 g/mol. The number of hydrogen-bond donors (Lipinski definition) is 1. The molecule has 3 aromatic rings. The van der Waals surface area contributed by atoms with E-state index >= 15 is 0 Å². The van der Waals surface area contributed by atoms with Crippen molar-refractivity contribution in [3.05, 3.63) is 64.9 Å². The second kappa shape index (κ2) is 6.86. The standard InChI is InChI=1S/C16H15N5O3/c1-11(12-6-3-2-4-7-12)19-13(22)10-21-15(20-24-16(21)23)14-17-8-5-9-18-14/h2-9,11H,10H2,1H3,(H,19,22)/t11-/m1/s1. The van der Waals surface area contributed by atoms with Crippen LogP contribution in [-0.2, 0) is 11.3 Å². The highest BCUT2D eigenvalue weighted by Crippen LogP contribution is 2.12. The minimum absolute atomic E-state index is 0.114. The van der Waals surface area contributed by atoms with Crippen molar-refractivity contribution < 1.29 is 9.32 Å². The van der Waals surface area contributed by atoms with Gasteiger partial charge < -0.3 is 5.32 Å². The molecular formula is C16H15N5O3. The van der Waals surface area contributed by atoms with Gasteiger partial charge in [0, 0.05) is 12.4 Å². The Morgan fingerprint density at radius 2 is 1.92 bits per heavy atom. The summed E-state index contributed by atoms with van der Waals surface area (Å²) < 4.78 is 5.74. The van der Waals surface area contributed by atoms with Crippen LogP contribution in [0.3, 0.4) is 0 Å². The minimum Gasteiger partial charge on any atom is -0.348 e. The predicted octanol–water partition coefficient (Wildman–Crippen LogP) is 1.17. The van der Waals surface area contributed by atoms with E-state index in [2.05, 4.69) is 25.0 Å². The first-order valence-electron chi connectivity index (χ1n) is 7.33. The number of rotatable bonds is 5. The van der Waals surface area contributed by atoms with Gasteiger partial charge in [-0.1, -0.05) is 35.5 Å². The molecule has 3 rings (SSSR count). The Morgan fingerprint density at radius 3 is 2.62 bits per heavy atom. The molecule has 1 atom stereocenters. The van der Waals surface area contributed by atoms with Crippen molar-refractivity contribution >= 4 is 5.91 Å². The quantitative estimate of drug-likeness (QED) is 0.755. The van der Waals surface area contributed by atoms with E-state index in [1.54, 1.807) is 6.07 Å². The predicted molar refractivity (Wildman–Crippen MR) is 84.8 cm³/mol. The SMILES string of the molecule is C[C@@H](NC(=O)Cn1c(-c2ncccn2)noc1=O)c1ccccc1. The van der Waals surface area contributed by atoms with Crippen molar-refractivity contribution in [1.29, 1.82) is 0 Å². The molecule has 1 aromatic carbocycles. The minimum atomic E-state index is -0.736. The molecule has 0 radical (unpaired) electrons.